The summed E-state index contributed by atoms with van der Waals surface area (Å²) in [7, 11) is 0. The van der Waals surface area contributed by atoms with Gasteiger partial charge in [-0.15, -0.1) is 0 Å². The zero-order valence-electron chi connectivity index (χ0n) is 10.7. The largest absolute Gasteiger partial charge is 0.292 e. The number of hydrogen-bond acceptors (Lipinski definition) is 1. The van der Waals surface area contributed by atoms with E-state index in [2.05, 4.69) is 4.99 Å². The van der Waals surface area contributed by atoms with E-state index in [4.69, 9.17) is 0 Å². The molecule has 2 rings (SSSR count). The average molecular weight is 259 g/mol. The Labute approximate surface area is 111 Å². The van der Waals surface area contributed by atoms with E-state index in [1.165, 1.54) is 18.3 Å². The molecule has 1 nitrogen and oxygen atoms in total. The van der Waals surface area contributed by atoms with Crippen molar-refractivity contribution in [1.82, 2.24) is 0 Å². The van der Waals surface area contributed by atoms with Crippen LogP contribution in [0.2, 0.25) is 0 Å². The Morgan fingerprint density at radius 3 is 2.26 bits per heavy atom. The Kier molecular flexibility index (Phi) is 4.05. The Hall–Kier alpha value is -2.03. The number of aryl methyl sites for hydroxylation is 1. The summed E-state index contributed by atoms with van der Waals surface area (Å²) in [5.74, 6) is -2.93. The van der Waals surface area contributed by atoms with E-state index < -0.39 is 12.5 Å². The zero-order valence-corrected chi connectivity index (χ0v) is 10.7. The van der Waals surface area contributed by atoms with Gasteiger partial charge in [-0.25, -0.2) is 0 Å². The fourth-order valence-corrected chi connectivity index (χ4v) is 1.69. The second-order valence-corrected chi connectivity index (χ2v) is 4.45. The molecule has 0 aliphatic heterocycles. The molecule has 0 aliphatic rings. The second-order valence-electron chi connectivity index (χ2n) is 4.45. The van der Waals surface area contributed by atoms with E-state index in [1.807, 2.05) is 37.3 Å². The van der Waals surface area contributed by atoms with Crippen LogP contribution in [0.1, 0.15) is 16.7 Å². The van der Waals surface area contributed by atoms with Crippen LogP contribution < -0.4 is 0 Å². The van der Waals surface area contributed by atoms with E-state index in [0.717, 1.165) is 11.1 Å². The molecule has 0 heterocycles. The molecular formula is C16H15F2N. The summed E-state index contributed by atoms with van der Waals surface area (Å²) in [6.07, 6.45) is 1.47. The first kappa shape index (κ1) is 13.4. The molecule has 0 aromatic heterocycles. The Bertz CT molecular complexity index is 545. The first-order valence-corrected chi connectivity index (χ1v) is 6.08. The smallest absolute Gasteiger partial charge is 0.286 e. The molecule has 19 heavy (non-hydrogen) atoms. The normalized spacial score (nSPS) is 11.9. The molecule has 0 saturated heterocycles. The lowest BCUT2D eigenvalue weighted by atomic mass is 10.1. The van der Waals surface area contributed by atoms with Gasteiger partial charge in [0.25, 0.3) is 5.92 Å². The minimum atomic E-state index is -2.93. The Morgan fingerprint density at radius 1 is 1.00 bits per heavy atom. The first-order valence-electron chi connectivity index (χ1n) is 6.08. The maximum Gasteiger partial charge on any atom is 0.292 e. The van der Waals surface area contributed by atoms with Gasteiger partial charge in [-0.2, -0.15) is 8.78 Å². The van der Waals surface area contributed by atoms with E-state index in [0.29, 0.717) is 0 Å². The van der Waals surface area contributed by atoms with Crippen molar-refractivity contribution >= 4 is 6.21 Å². The van der Waals surface area contributed by atoms with Crippen molar-refractivity contribution in [2.75, 3.05) is 6.54 Å². The molecule has 0 atom stereocenters. The molecule has 3 heteroatoms. The predicted octanol–water partition coefficient (Wildman–Crippen LogP) is 4.21. The van der Waals surface area contributed by atoms with Crippen molar-refractivity contribution in [2.45, 2.75) is 12.8 Å². The number of benzene rings is 2. The topological polar surface area (TPSA) is 12.4 Å². The summed E-state index contributed by atoms with van der Waals surface area (Å²) in [5.41, 5.74) is 1.79. The van der Waals surface area contributed by atoms with Gasteiger partial charge >= 0.3 is 0 Å². The molecule has 98 valence electrons. The minimum Gasteiger partial charge on any atom is -0.286 e. The lowest BCUT2D eigenvalue weighted by Crippen LogP contribution is -2.17. The van der Waals surface area contributed by atoms with E-state index in [1.54, 1.807) is 12.1 Å². The monoisotopic (exact) mass is 259 g/mol. The third-order valence-electron chi connectivity index (χ3n) is 2.80. The SMILES string of the molecule is Cc1ccc(C(F)(F)C/N=C/c2ccccc2)cc1. The molecule has 0 radical (unpaired) electrons. The quantitative estimate of drug-likeness (QED) is 0.729. The molecule has 2 aromatic carbocycles. The highest BCUT2D eigenvalue weighted by Gasteiger charge is 2.30. The van der Waals surface area contributed by atoms with Crippen LogP contribution in [-0.4, -0.2) is 12.8 Å². The van der Waals surface area contributed by atoms with Crippen LogP contribution >= 0.6 is 0 Å². The van der Waals surface area contributed by atoms with Gasteiger partial charge in [0.1, 0.15) is 6.54 Å². The van der Waals surface area contributed by atoms with Gasteiger partial charge in [0, 0.05) is 11.8 Å². The molecule has 0 bridgehead atoms. The molecule has 0 aliphatic carbocycles. The van der Waals surface area contributed by atoms with Crippen molar-refractivity contribution < 1.29 is 8.78 Å². The summed E-state index contributed by atoms with van der Waals surface area (Å²) in [5, 5.41) is 0. The lowest BCUT2D eigenvalue weighted by Gasteiger charge is -2.14. The third-order valence-corrected chi connectivity index (χ3v) is 2.80. The van der Waals surface area contributed by atoms with Gasteiger partial charge in [0.15, 0.2) is 0 Å². The van der Waals surface area contributed by atoms with E-state index in [-0.39, 0.29) is 5.56 Å². The highest BCUT2D eigenvalue weighted by atomic mass is 19.3. The Morgan fingerprint density at radius 2 is 1.63 bits per heavy atom. The maximum absolute atomic E-state index is 13.9. The van der Waals surface area contributed by atoms with Gasteiger partial charge in [-0.3, -0.25) is 4.99 Å². The van der Waals surface area contributed by atoms with E-state index >= 15 is 0 Å². The first-order chi connectivity index (χ1) is 9.08. The highest BCUT2D eigenvalue weighted by molar-refractivity contribution is 5.79. The van der Waals surface area contributed by atoms with Crippen molar-refractivity contribution in [1.29, 1.82) is 0 Å². The molecule has 0 N–H and O–H groups in total. The number of alkyl halides is 2. The average Bonchev–Trinajstić information content (AvgIpc) is 2.40. The Balaban J connectivity index is 2.05. The molecule has 0 amide bonds. The summed E-state index contributed by atoms with van der Waals surface area (Å²) < 4.78 is 27.8. The molecule has 0 unspecified atom stereocenters. The molecule has 2 aromatic rings. The lowest BCUT2D eigenvalue weighted by molar-refractivity contribution is 0.00668. The van der Waals surface area contributed by atoms with Gasteiger partial charge in [-0.05, 0) is 12.5 Å². The van der Waals surface area contributed by atoms with Crippen molar-refractivity contribution in [3.05, 3.63) is 71.3 Å². The van der Waals surface area contributed by atoms with Crippen LogP contribution in [0.4, 0.5) is 8.78 Å². The summed E-state index contributed by atoms with van der Waals surface area (Å²) in [6.45, 7) is 1.33. The van der Waals surface area contributed by atoms with E-state index in [9.17, 15) is 8.78 Å². The minimum absolute atomic E-state index is 0.00307. The number of aliphatic imine (C=N–C) groups is 1. The van der Waals surface area contributed by atoms with Crippen LogP contribution in [0.15, 0.2) is 59.6 Å². The van der Waals surface area contributed by atoms with Gasteiger partial charge in [0.2, 0.25) is 0 Å². The molecule has 0 saturated carbocycles. The van der Waals surface area contributed by atoms with Gasteiger partial charge < -0.3 is 0 Å². The van der Waals surface area contributed by atoms with Crippen molar-refractivity contribution in [3.8, 4) is 0 Å². The summed E-state index contributed by atoms with van der Waals surface area (Å²) in [6, 6.07) is 15.5. The van der Waals surface area contributed by atoms with Crippen LogP contribution in [0.5, 0.6) is 0 Å². The maximum atomic E-state index is 13.9. The third kappa shape index (κ3) is 3.71. The molecule has 0 fully saturated rings. The van der Waals surface area contributed by atoms with Crippen LogP contribution in [0.3, 0.4) is 0 Å². The number of rotatable bonds is 4. The predicted molar refractivity (Wildman–Crippen MR) is 74.0 cm³/mol. The summed E-state index contributed by atoms with van der Waals surface area (Å²) in [4.78, 5) is 3.84. The zero-order chi connectivity index (χ0) is 13.7. The van der Waals surface area contributed by atoms with Gasteiger partial charge in [0.05, 0.1) is 0 Å². The van der Waals surface area contributed by atoms with Crippen LogP contribution in [0, 0.1) is 6.92 Å². The van der Waals surface area contributed by atoms with Crippen molar-refractivity contribution in [2.24, 2.45) is 4.99 Å². The van der Waals surface area contributed by atoms with Crippen LogP contribution in [0.25, 0.3) is 0 Å². The second kappa shape index (κ2) is 5.74. The van der Waals surface area contributed by atoms with Crippen LogP contribution in [-0.2, 0) is 5.92 Å². The highest BCUT2D eigenvalue weighted by Crippen LogP contribution is 2.28. The fraction of sp³-hybridized carbons (Fsp3) is 0.188. The number of nitrogens with zero attached hydrogens (tertiary/aromatic N) is 1. The molecular weight excluding hydrogens is 244 g/mol. The molecule has 0 spiro atoms. The fourth-order valence-electron chi connectivity index (χ4n) is 1.69. The van der Waals surface area contributed by atoms with Gasteiger partial charge in [-0.1, -0.05) is 60.2 Å². The number of hydrogen-bond donors (Lipinski definition) is 0. The summed E-state index contributed by atoms with van der Waals surface area (Å²) >= 11 is 0. The van der Waals surface area contributed by atoms with Crippen molar-refractivity contribution in [3.63, 3.8) is 0 Å². The standard InChI is InChI=1S/C16H15F2N/c1-13-7-9-15(10-8-13)16(17,18)12-19-11-14-5-3-2-4-6-14/h2-11H,12H2,1H3/b19-11+. The number of halogens is 2.